The molecule has 8 nitrogen and oxygen atoms in total. The Kier molecular flexibility index (Phi) is 4.64. The number of carbonyl (C=O) groups is 1. The standard InChI is InChI=1S/C15H15FN4O4S/c16-10-7-12(14(21)18-9-10)15(22)19-13-8-11(3-4-17-13)25(23,24)20-5-1-2-6-20/h3-4,7-9H,1-2,5-6H2,(H,18,21)(H,17,19,22). The van der Waals surface area contributed by atoms with Crippen molar-refractivity contribution in [3.63, 3.8) is 0 Å². The van der Waals surface area contributed by atoms with Gasteiger partial charge in [0.25, 0.3) is 11.5 Å². The minimum Gasteiger partial charge on any atom is -0.325 e. The molecule has 3 rings (SSSR count). The Morgan fingerprint density at radius 3 is 2.72 bits per heavy atom. The molecule has 0 atom stereocenters. The van der Waals surface area contributed by atoms with E-state index in [-0.39, 0.29) is 10.7 Å². The van der Waals surface area contributed by atoms with E-state index < -0.39 is 32.9 Å². The molecule has 132 valence electrons. The van der Waals surface area contributed by atoms with Crippen molar-refractivity contribution in [2.75, 3.05) is 18.4 Å². The Bertz CT molecular complexity index is 967. The fourth-order valence-electron chi connectivity index (χ4n) is 2.53. The number of nitrogens with one attached hydrogen (secondary N) is 2. The van der Waals surface area contributed by atoms with Gasteiger partial charge in [0, 0.05) is 31.5 Å². The number of anilines is 1. The summed E-state index contributed by atoms with van der Waals surface area (Å²) in [5, 5.41) is 2.31. The first-order chi connectivity index (χ1) is 11.9. The van der Waals surface area contributed by atoms with Crippen LogP contribution in [0.25, 0.3) is 0 Å². The fraction of sp³-hybridized carbons (Fsp3) is 0.267. The molecule has 1 amide bonds. The molecule has 0 aromatic carbocycles. The summed E-state index contributed by atoms with van der Waals surface area (Å²) in [6.45, 7) is 0.899. The van der Waals surface area contributed by atoms with Crippen molar-refractivity contribution in [1.29, 1.82) is 0 Å². The molecule has 0 saturated carbocycles. The third-order valence-electron chi connectivity index (χ3n) is 3.79. The van der Waals surface area contributed by atoms with Gasteiger partial charge in [-0.3, -0.25) is 9.59 Å². The van der Waals surface area contributed by atoms with E-state index >= 15 is 0 Å². The molecule has 2 aromatic heterocycles. The minimum atomic E-state index is -3.66. The zero-order valence-electron chi connectivity index (χ0n) is 13.0. The van der Waals surface area contributed by atoms with Crippen LogP contribution in [0, 0.1) is 5.82 Å². The second kappa shape index (κ2) is 6.73. The molecular formula is C15H15FN4O4S. The van der Waals surface area contributed by atoms with E-state index in [1.807, 2.05) is 0 Å². The van der Waals surface area contributed by atoms with Crippen molar-refractivity contribution in [2.24, 2.45) is 0 Å². The van der Waals surface area contributed by atoms with E-state index in [1.54, 1.807) is 0 Å². The molecule has 1 aliphatic heterocycles. The number of hydrogen-bond acceptors (Lipinski definition) is 5. The fourth-order valence-corrected chi connectivity index (χ4v) is 4.06. The number of hydrogen-bond donors (Lipinski definition) is 2. The predicted molar refractivity (Wildman–Crippen MR) is 87.2 cm³/mol. The molecule has 2 aromatic rings. The van der Waals surface area contributed by atoms with Gasteiger partial charge in [0.05, 0.1) is 4.90 Å². The first kappa shape index (κ1) is 17.2. The number of rotatable bonds is 4. The number of sulfonamides is 1. The third-order valence-corrected chi connectivity index (χ3v) is 5.68. The van der Waals surface area contributed by atoms with Crippen LogP contribution < -0.4 is 10.9 Å². The zero-order chi connectivity index (χ0) is 18.0. The quantitative estimate of drug-likeness (QED) is 0.836. The lowest BCUT2D eigenvalue weighted by Gasteiger charge is -2.15. The van der Waals surface area contributed by atoms with Gasteiger partial charge in [-0.2, -0.15) is 4.31 Å². The van der Waals surface area contributed by atoms with Crippen molar-refractivity contribution in [2.45, 2.75) is 17.7 Å². The van der Waals surface area contributed by atoms with Crippen LogP contribution in [0.5, 0.6) is 0 Å². The highest BCUT2D eigenvalue weighted by Gasteiger charge is 2.27. The van der Waals surface area contributed by atoms with Gasteiger partial charge >= 0.3 is 0 Å². The summed E-state index contributed by atoms with van der Waals surface area (Å²) in [4.78, 5) is 29.7. The number of nitrogens with zero attached hydrogens (tertiary/aromatic N) is 2. The summed E-state index contributed by atoms with van der Waals surface area (Å²) in [5.74, 6) is -1.71. The maximum absolute atomic E-state index is 13.2. The molecule has 2 N–H and O–H groups in total. The molecule has 0 spiro atoms. The second-order valence-electron chi connectivity index (χ2n) is 5.50. The van der Waals surface area contributed by atoms with Crippen LogP contribution in [0.15, 0.2) is 40.3 Å². The lowest BCUT2D eigenvalue weighted by atomic mass is 10.2. The predicted octanol–water partition coefficient (Wildman–Crippen LogP) is 0.946. The van der Waals surface area contributed by atoms with Crippen LogP contribution in [0.3, 0.4) is 0 Å². The topological polar surface area (TPSA) is 112 Å². The smallest absolute Gasteiger partial charge is 0.262 e. The highest BCUT2D eigenvalue weighted by atomic mass is 32.2. The summed E-state index contributed by atoms with van der Waals surface area (Å²) in [5.41, 5.74) is -1.20. The molecule has 0 bridgehead atoms. The van der Waals surface area contributed by atoms with E-state index in [2.05, 4.69) is 15.3 Å². The van der Waals surface area contributed by atoms with Crippen LogP contribution >= 0.6 is 0 Å². The Labute approximate surface area is 142 Å². The maximum atomic E-state index is 13.2. The minimum absolute atomic E-state index is 0.00662. The number of carbonyl (C=O) groups excluding carboxylic acids is 1. The monoisotopic (exact) mass is 366 g/mol. The Morgan fingerprint density at radius 2 is 2.00 bits per heavy atom. The van der Waals surface area contributed by atoms with Crippen molar-refractivity contribution >= 4 is 21.7 Å². The molecule has 3 heterocycles. The molecule has 1 fully saturated rings. The number of pyridine rings is 2. The highest BCUT2D eigenvalue weighted by molar-refractivity contribution is 7.89. The number of aromatic nitrogens is 2. The number of H-pyrrole nitrogens is 1. The average Bonchev–Trinajstić information content (AvgIpc) is 3.12. The van der Waals surface area contributed by atoms with E-state index in [4.69, 9.17) is 0 Å². The summed E-state index contributed by atoms with van der Waals surface area (Å²) in [7, 11) is -3.66. The van der Waals surface area contributed by atoms with Crippen molar-refractivity contribution < 1.29 is 17.6 Å². The third kappa shape index (κ3) is 3.59. The number of aromatic amines is 1. The lowest BCUT2D eigenvalue weighted by molar-refractivity contribution is 0.102. The number of amides is 1. The summed E-state index contributed by atoms with van der Waals surface area (Å²) in [6.07, 6.45) is 3.68. The second-order valence-corrected chi connectivity index (χ2v) is 7.44. The molecular weight excluding hydrogens is 351 g/mol. The summed E-state index contributed by atoms with van der Waals surface area (Å²) >= 11 is 0. The van der Waals surface area contributed by atoms with E-state index in [9.17, 15) is 22.4 Å². The molecule has 0 aliphatic carbocycles. The normalized spacial score (nSPS) is 15.2. The zero-order valence-corrected chi connectivity index (χ0v) is 13.8. The van der Waals surface area contributed by atoms with Gasteiger partial charge in [0.15, 0.2) is 0 Å². The molecule has 0 radical (unpaired) electrons. The molecule has 25 heavy (non-hydrogen) atoms. The van der Waals surface area contributed by atoms with Gasteiger partial charge in [-0.05, 0) is 25.0 Å². The van der Waals surface area contributed by atoms with Crippen LogP contribution in [-0.2, 0) is 10.0 Å². The van der Waals surface area contributed by atoms with Gasteiger partial charge in [0.1, 0.15) is 17.2 Å². The van der Waals surface area contributed by atoms with Gasteiger partial charge < -0.3 is 10.3 Å². The van der Waals surface area contributed by atoms with Crippen molar-refractivity contribution in [1.82, 2.24) is 14.3 Å². The van der Waals surface area contributed by atoms with Gasteiger partial charge in [-0.1, -0.05) is 0 Å². The Morgan fingerprint density at radius 1 is 1.28 bits per heavy atom. The van der Waals surface area contributed by atoms with Crippen molar-refractivity contribution in [3.8, 4) is 0 Å². The molecule has 10 heteroatoms. The SMILES string of the molecule is O=C(Nc1cc(S(=O)(=O)N2CCCC2)ccn1)c1cc(F)c[nH]c1=O. The molecule has 1 saturated heterocycles. The van der Waals surface area contributed by atoms with E-state index in [0.717, 1.165) is 25.1 Å². The van der Waals surface area contributed by atoms with Crippen molar-refractivity contribution in [3.05, 3.63) is 52.3 Å². The van der Waals surface area contributed by atoms with Gasteiger partial charge in [0.2, 0.25) is 10.0 Å². The van der Waals surface area contributed by atoms with E-state index in [0.29, 0.717) is 13.1 Å². The van der Waals surface area contributed by atoms with Gasteiger partial charge in [-0.15, -0.1) is 0 Å². The first-order valence-electron chi connectivity index (χ1n) is 7.54. The summed E-state index contributed by atoms with van der Waals surface area (Å²) < 4.78 is 39.6. The molecule has 0 unspecified atom stereocenters. The Hall–Kier alpha value is -2.59. The molecule has 1 aliphatic rings. The lowest BCUT2D eigenvalue weighted by Crippen LogP contribution is -2.28. The average molecular weight is 366 g/mol. The summed E-state index contributed by atoms with van der Waals surface area (Å²) in [6, 6.07) is 3.33. The van der Waals surface area contributed by atoms with E-state index in [1.165, 1.54) is 22.6 Å². The largest absolute Gasteiger partial charge is 0.325 e. The number of halogens is 1. The Balaban J connectivity index is 1.86. The van der Waals surface area contributed by atoms with Crippen LogP contribution in [0.4, 0.5) is 10.2 Å². The first-order valence-corrected chi connectivity index (χ1v) is 8.98. The highest BCUT2D eigenvalue weighted by Crippen LogP contribution is 2.22. The van der Waals surface area contributed by atoms with Crippen LogP contribution in [0.2, 0.25) is 0 Å². The maximum Gasteiger partial charge on any atom is 0.262 e. The van der Waals surface area contributed by atoms with Crippen LogP contribution in [0.1, 0.15) is 23.2 Å². The van der Waals surface area contributed by atoms with Crippen LogP contribution in [-0.4, -0.2) is 41.7 Å². The van der Waals surface area contributed by atoms with Gasteiger partial charge in [-0.25, -0.2) is 17.8 Å².